The van der Waals surface area contributed by atoms with Crippen molar-refractivity contribution < 1.29 is 18.7 Å². The lowest BCUT2D eigenvalue weighted by Gasteiger charge is -2.44. The quantitative estimate of drug-likeness (QED) is 0.535. The largest absolute Gasteiger partial charge is 0.507 e. The van der Waals surface area contributed by atoms with Crippen LogP contribution in [-0.2, 0) is 6.42 Å². The molecular weight excluding hydrogens is 404 g/mol. The Bertz CT molecular complexity index is 1100. The van der Waals surface area contributed by atoms with Crippen LogP contribution in [0.1, 0.15) is 28.9 Å². The molecule has 1 amide bonds. The molecule has 7 nitrogen and oxygen atoms in total. The normalized spacial score (nSPS) is 20.1. The number of anilines is 1. The Labute approximate surface area is 177 Å². The van der Waals surface area contributed by atoms with E-state index in [0.717, 1.165) is 0 Å². The van der Waals surface area contributed by atoms with E-state index in [1.807, 2.05) is 0 Å². The zero-order valence-corrected chi connectivity index (χ0v) is 16.6. The van der Waals surface area contributed by atoms with E-state index in [4.69, 9.17) is 5.73 Å². The number of halogens is 2. The van der Waals surface area contributed by atoms with Crippen LogP contribution in [0.5, 0.6) is 5.75 Å². The summed E-state index contributed by atoms with van der Waals surface area (Å²) >= 11 is 0. The first-order valence-corrected chi connectivity index (χ1v) is 9.78. The number of hydrogen-bond acceptors (Lipinski definition) is 6. The summed E-state index contributed by atoms with van der Waals surface area (Å²) in [5, 5.41) is 12.8. The number of nitrogens with one attached hydrogen (secondary N) is 1. The maximum absolute atomic E-state index is 14.0. The highest BCUT2D eigenvalue weighted by Gasteiger charge is 2.45. The van der Waals surface area contributed by atoms with Crippen LogP contribution in [0, 0.1) is 11.2 Å². The van der Waals surface area contributed by atoms with Gasteiger partial charge < -0.3 is 16.2 Å². The number of amides is 1. The number of primary amides is 1. The lowest BCUT2D eigenvalue weighted by atomic mass is 9.64. The third-order valence-electron chi connectivity index (χ3n) is 5.55. The van der Waals surface area contributed by atoms with E-state index in [9.17, 15) is 18.7 Å². The first-order chi connectivity index (χ1) is 14.8. The molecule has 9 heteroatoms. The number of rotatable bonds is 7. The van der Waals surface area contributed by atoms with Gasteiger partial charge in [-0.15, -0.1) is 0 Å². The zero-order valence-electron chi connectivity index (χ0n) is 16.6. The van der Waals surface area contributed by atoms with Crippen LogP contribution >= 0.6 is 0 Å². The van der Waals surface area contributed by atoms with E-state index in [0.29, 0.717) is 48.6 Å². The van der Waals surface area contributed by atoms with Gasteiger partial charge in [0.15, 0.2) is 0 Å². The van der Waals surface area contributed by atoms with E-state index in [-0.39, 0.29) is 11.3 Å². The van der Waals surface area contributed by atoms with E-state index >= 15 is 0 Å². The molecule has 0 unspecified atom stereocenters. The number of hydrogen-bond donors (Lipinski definition) is 3. The van der Waals surface area contributed by atoms with Gasteiger partial charge in [0.1, 0.15) is 17.7 Å². The Balaban J connectivity index is 1.46. The second kappa shape index (κ2) is 8.25. The Hall–Kier alpha value is -3.62. The van der Waals surface area contributed by atoms with Gasteiger partial charge in [-0.2, -0.15) is 0 Å². The molecule has 4 rings (SSSR count). The summed E-state index contributed by atoms with van der Waals surface area (Å²) in [5.74, 6) is -0.980. The van der Waals surface area contributed by atoms with Gasteiger partial charge in [0.2, 0.25) is 5.95 Å². The third kappa shape index (κ3) is 4.45. The molecule has 31 heavy (non-hydrogen) atoms. The molecule has 0 aliphatic heterocycles. The zero-order chi connectivity index (χ0) is 22.0. The highest BCUT2D eigenvalue weighted by atomic mass is 19.1. The summed E-state index contributed by atoms with van der Waals surface area (Å²) in [7, 11) is 0. The fourth-order valence-electron chi connectivity index (χ4n) is 3.88. The Morgan fingerprint density at radius 1 is 1.19 bits per heavy atom. The highest BCUT2D eigenvalue weighted by Crippen LogP contribution is 2.45. The molecule has 1 aliphatic carbocycles. The first kappa shape index (κ1) is 20.6. The molecule has 0 saturated heterocycles. The number of pyridine rings is 1. The second-order valence-corrected chi connectivity index (χ2v) is 7.86. The van der Waals surface area contributed by atoms with Crippen molar-refractivity contribution in [3.8, 4) is 16.9 Å². The summed E-state index contributed by atoms with van der Waals surface area (Å²) in [5.41, 5.74) is 6.40. The fourth-order valence-corrected chi connectivity index (χ4v) is 3.88. The third-order valence-corrected chi connectivity index (χ3v) is 5.55. The van der Waals surface area contributed by atoms with Crippen LogP contribution in [0.25, 0.3) is 11.1 Å². The van der Waals surface area contributed by atoms with Crippen molar-refractivity contribution in [1.82, 2.24) is 15.0 Å². The highest BCUT2D eigenvalue weighted by molar-refractivity contribution is 5.96. The standard InChI is InChI=1S/C22H21F2N5O2/c23-15-7-22(8-15,9-18-17(24)2-1-5-26-18)12-29-21-27-10-14(11-28-21)13-3-4-19(30)16(6-13)20(25)31/h1-6,10-11,15,30H,7-9,12H2,(H2,25,31)(H,27,28,29)/t15-,22+. The van der Waals surface area contributed by atoms with E-state index in [1.165, 1.54) is 30.5 Å². The minimum atomic E-state index is -0.911. The summed E-state index contributed by atoms with van der Waals surface area (Å²) in [6.45, 7) is 0.383. The van der Waals surface area contributed by atoms with E-state index < -0.39 is 23.3 Å². The fraction of sp³-hybridized carbons (Fsp3) is 0.273. The summed E-state index contributed by atoms with van der Waals surface area (Å²) in [4.78, 5) is 24.0. The first-order valence-electron chi connectivity index (χ1n) is 9.78. The molecular formula is C22H21F2N5O2. The Morgan fingerprint density at radius 3 is 2.58 bits per heavy atom. The van der Waals surface area contributed by atoms with Gasteiger partial charge in [-0.3, -0.25) is 9.78 Å². The second-order valence-electron chi connectivity index (χ2n) is 7.86. The molecule has 0 atom stereocenters. The van der Waals surface area contributed by atoms with Crippen molar-refractivity contribution in [2.75, 3.05) is 11.9 Å². The Morgan fingerprint density at radius 2 is 1.94 bits per heavy atom. The van der Waals surface area contributed by atoms with Crippen LogP contribution in [0.4, 0.5) is 14.7 Å². The molecule has 2 aromatic heterocycles. The average Bonchev–Trinajstić information content (AvgIpc) is 2.73. The molecule has 0 bridgehead atoms. The number of carbonyl (C=O) groups excluding carboxylic acids is 1. The van der Waals surface area contributed by atoms with Gasteiger partial charge in [0.05, 0.1) is 11.3 Å². The van der Waals surface area contributed by atoms with Crippen molar-refractivity contribution in [3.63, 3.8) is 0 Å². The summed E-state index contributed by atoms with van der Waals surface area (Å²) < 4.78 is 27.7. The van der Waals surface area contributed by atoms with Crippen LogP contribution < -0.4 is 11.1 Å². The minimum absolute atomic E-state index is 0.00848. The summed E-state index contributed by atoms with van der Waals surface area (Å²) in [6.07, 6.45) is 4.71. The molecule has 0 spiro atoms. The number of benzene rings is 1. The van der Waals surface area contributed by atoms with Gasteiger partial charge in [-0.05, 0) is 48.1 Å². The lowest BCUT2D eigenvalue weighted by Crippen LogP contribution is -2.46. The molecule has 0 radical (unpaired) electrons. The van der Waals surface area contributed by atoms with Gasteiger partial charge in [0.25, 0.3) is 5.91 Å². The van der Waals surface area contributed by atoms with Gasteiger partial charge in [0, 0.05) is 37.1 Å². The van der Waals surface area contributed by atoms with Crippen molar-refractivity contribution in [2.45, 2.75) is 25.4 Å². The Kier molecular flexibility index (Phi) is 5.50. The number of aromatic nitrogens is 3. The van der Waals surface area contributed by atoms with Crippen LogP contribution in [0.15, 0.2) is 48.9 Å². The molecule has 1 fully saturated rings. The number of nitrogens with two attached hydrogens (primary N) is 1. The molecule has 1 aromatic carbocycles. The molecule has 160 valence electrons. The SMILES string of the molecule is NC(=O)c1cc(-c2cnc(NC[C@]3(Cc4ncccc4F)C[C@H](F)C3)nc2)ccc1O. The van der Waals surface area contributed by atoms with Gasteiger partial charge >= 0.3 is 0 Å². The van der Waals surface area contributed by atoms with Crippen LogP contribution in [0.3, 0.4) is 0 Å². The molecule has 4 N–H and O–H groups in total. The monoisotopic (exact) mass is 425 g/mol. The van der Waals surface area contributed by atoms with Gasteiger partial charge in [-0.1, -0.05) is 6.07 Å². The topological polar surface area (TPSA) is 114 Å². The number of aromatic hydroxyl groups is 1. The van der Waals surface area contributed by atoms with E-state index in [1.54, 1.807) is 18.5 Å². The maximum atomic E-state index is 14.0. The number of alkyl halides is 1. The smallest absolute Gasteiger partial charge is 0.252 e. The number of carbonyl (C=O) groups is 1. The van der Waals surface area contributed by atoms with Crippen molar-refractivity contribution in [1.29, 1.82) is 0 Å². The molecule has 1 saturated carbocycles. The van der Waals surface area contributed by atoms with Crippen molar-refractivity contribution in [2.24, 2.45) is 11.1 Å². The average molecular weight is 425 g/mol. The maximum Gasteiger partial charge on any atom is 0.252 e. The number of phenols is 1. The van der Waals surface area contributed by atoms with Crippen molar-refractivity contribution >= 4 is 11.9 Å². The predicted molar refractivity (Wildman–Crippen MR) is 111 cm³/mol. The van der Waals surface area contributed by atoms with Crippen LogP contribution in [0.2, 0.25) is 0 Å². The summed E-state index contributed by atoms with van der Waals surface area (Å²) in [6, 6.07) is 7.35. The molecule has 2 heterocycles. The van der Waals surface area contributed by atoms with Crippen molar-refractivity contribution in [3.05, 3.63) is 66.0 Å². The molecule has 1 aliphatic rings. The minimum Gasteiger partial charge on any atom is -0.507 e. The molecule has 3 aromatic rings. The van der Waals surface area contributed by atoms with Gasteiger partial charge in [-0.25, -0.2) is 18.7 Å². The van der Waals surface area contributed by atoms with Crippen LogP contribution in [-0.4, -0.2) is 38.7 Å². The number of nitrogens with zero attached hydrogens (tertiary/aromatic N) is 3. The lowest BCUT2D eigenvalue weighted by molar-refractivity contribution is 0.0354. The predicted octanol–water partition coefficient (Wildman–Crippen LogP) is 3.26. The van der Waals surface area contributed by atoms with E-state index in [2.05, 4.69) is 20.3 Å².